The number of esters is 1. The summed E-state index contributed by atoms with van der Waals surface area (Å²) in [5, 5.41) is 3.84. The molecular formula is C16H22ClNO3. The molecular weight excluding hydrogens is 290 g/mol. The third-order valence-corrected chi connectivity index (χ3v) is 4.34. The predicted octanol–water partition coefficient (Wildman–Crippen LogP) is 3.64. The van der Waals surface area contributed by atoms with Gasteiger partial charge in [0, 0.05) is 6.42 Å². The molecule has 1 aliphatic heterocycles. The molecule has 1 aliphatic rings. The molecule has 1 aromatic rings. The fourth-order valence-corrected chi connectivity index (χ4v) is 3.38. The molecule has 21 heavy (non-hydrogen) atoms. The Morgan fingerprint density at radius 1 is 1.29 bits per heavy atom. The average Bonchev–Trinajstić information content (AvgIpc) is 2.56. The molecule has 5 heteroatoms. The number of nitrogens with one attached hydrogen (secondary N) is 1. The molecule has 0 aliphatic carbocycles. The van der Waals surface area contributed by atoms with Gasteiger partial charge in [0.05, 0.1) is 29.0 Å². The van der Waals surface area contributed by atoms with Gasteiger partial charge in [-0.2, -0.15) is 0 Å². The van der Waals surface area contributed by atoms with E-state index in [2.05, 4.69) is 5.32 Å². The topological polar surface area (TPSA) is 47.6 Å². The van der Waals surface area contributed by atoms with Gasteiger partial charge in [0.25, 0.3) is 0 Å². The molecule has 4 nitrogen and oxygen atoms in total. The quantitative estimate of drug-likeness (QED) is 0.866. The SMILES string of the molecule is COC(=O)C1(Nc2ccccc2Cl)CC(C)(C)OC1(C)C. The van der Waals surface area contributed by atoms with Crippen LogP contribution in [0.4, 0.5) is 5.69 Å². The molecule has 0 amide bonds. The van der Waals surface area contributed by atoms with Crippen LogP contribution in [0.5, 0.6) is 0 Å². The Labute approximate surface area is 130 Å². The second kappa shape index (κ2) is 5.18. The molecule has 0 bridgehead atoms. The standard InChI is InChI=1S/C16H22ClNO3/c1-14(2)10-16(13(19)20-5,15(3,4)21-14)18-12-9-7-6-8-11(12)17/h6-9,18H,10H2,1-5H3. The molecule has 1 unspecified atom stereocenters. The van der Waals surface area contributed by atoms with E-state index in [0.717, 1.165) is 0 Å². The van der Waals surface area contributed by atoms with Crippen LogP contribution in [-0.4, -0.2) is 29.8 Å². The Hall–Kier alpha value is -1.26. The highest BCUT2D eigenvalue weighted by atomic mass is 35.5. The predicted molar refractivity (Wildman–Crippen MR) is 83.7 cm³/mol. The Kier molecular flexibility index (Phi) is 3.98. The van der Waals surface area contributed by atoms with Crippen LogP contribution in [0.25, 0.3) is 0 Å². The van der Waals surface area contributed by atoms with Gasteiger partial charge in [-0.1, -0.05) is 23.7 Å². The third-order valence-electron chi connectivity index (χ3n) is 4.01. The number of anilines is 1. The first kappa shape index (κ1) is 16.1. The maximum atomic E-state index is 12.5. The minimum Gasteiger partial charge on any atom is -0.467 e. The smallest absolute Gasteiger partial charge is 0.334 e. The van der Waals surface area contributed by atoms with Gasteiger partial charge in [0.1, 0.15) is 0 Å². The number of hydrogen-bond acceptors (Lipinski definition) is 4. The average molecular weight is 312 g/mol. The van der Waals surface area contributed by atoms with Crippen LogP contribution < -0.4 is 5.32 Å². The Morgan fingerprint density at radius 3 is 2.38 bits per heavy atom. The minimum atomic E-state index is -0.990. The third kappa shape index (κ3) is 2.74. The van der Waals surface area contributed by atoms with Gasteiger partial charge in [-0.15, -0.1) is 0 Å². The first-order valence-electron chi connectivity index (χ1n) is 6.95. The monoisotopic (exact) mass is 311 g/mol. The minimum absolute atomic E-state index is 0.349. The lowest BCUT2D eigenvalue weighted by atomic mass is 9.78. The van der Waals surface area contributed by atoms with Gasteiger partial charge in [0.2, 0.25) is 0 Å². The summed E-state index contributed by atoms with van der Waals surface area (Å²) in [5.74, 6) is -0.349. The summed E-state index contributed by atoms with van der Waals surface area (Å²) in [5.41, 5.74) is -1.47. The van der Waals surface area contributed by atoms with Crippen molar-refractivity contribution in [2.75, 3.05) is 12.4 Å². The van der Waals surface area contributed by atoms with Gasteiger partial charge in [-0.05, 0) is 39.8 Å². The first-order valence-corrected chi connectivity index (χ1v) is 7.33. The van der Waals surface area contributed by atoms with E-state index in [4.69, 9.17) is 21.1 Å². The van der Waals surface area contributed by atoms with Crippen LogP contribution in [0, 0.1) is 0 Å². The van der Waals surface area contributed by atoms with Crippen LogP contribution >= 0.6 is 11.6 Å². The highest BCUT2D eigenvalue weighted by molar-refractivity contribution is 6.33. The van der Waals surface area contributed by atoms with E-state index in [9.17, 15) is 4.79 Å². The number of methoxy groups -OCH3 is 1. The van der Waals surface area contributed by atoms with Gasteiger partial charge >= 0.3 is 5.97 Å². The first-order chi connectivity index (χ1) is 9.63. The molecule has 1 atom stereocenters. The second-order valence-corrected chi connectivity index (χ2v) is 6.96. The van der Waals surface area contributed by atoms with Crippen molar-refractivity contribution in [1.29, 1.82) is 0 Å². The van der Waals surface area contributed by atoms with E-state index >= 15 is 0 Å². The lowest BCUT2D eigenvalue weighted by Crippen LogP contribution is -2.59. The molecule has 1 fully saturated rings. The number of benzene rings is 1. The van der Waals surface area contributed by atoms with Gasteiger partial charge in [-0.25, -0.2) is 4.79 Å². The summed E-state index contributed by atoms with van der Waals surface area (Å²) in [6, 6.07) is 7.34. The van der Waals surface area contributed by atoms with Crippen LogP contribution in [0.1, 0.15) is 34.1 Å². The Balaban J connectivity index is 2.49. The molecule has 1 N–H and O–H groups in total. The van der Waals surface area contributed by atoms with Crippen molar-refractivity contribution >= 4 is 23.3 Å². The summed E-state index contributed by atoms with van der Waals surface area (Å²) in [6.07, 6.45) is 0.491. The van der Waals surface area contributed by atoms with Crippen molar-refractivity contribution in [3.05, 3.63) is 29.3 Å². The number of carbonyl (C=O) groups is 1. The molecule has 0 radical (unpaired) electrons. The van der Waals surface area contributed by atoms with E-state index in [1.165, 1.54) is 7.11 Å². The van der Waals surface area contributed by atoms with Crippen LogP contribution in [0.3, 0.4) is 0 Å². The number of para-hydroxylation sites is 1. The van der Waals surface area contributed by atoms with E-state index in [-0.39, 0.29) is 5.97 Å². The molecule has 2 rings (SSSR count). The molecule has 1 aromatic carbocycles. The van der Waals surface area contributed by atoms with Gasteiger partial charge < -0.3 is 14.8 Å². The molecule has 1 saturated heterocycles. The van der Waals surface area contributed by atoms with E-state index in [1.54, 1.807) is 6.07 Å². The zero-order valence-electron chi connectivity index (χ0n) is 13.1. The summed E-state index contributed by atoms with van der Waals surface area (Å²) in [7, 11) is 1.39. The van der Waals surface area contributed by atoms with Gasteiger partial charge in [0.15, 0.2) is 5.54 Å². The van der Waals surface area contributed by atoms with Gasteiger partial charge in [-0.3, -0.25) is 0 Å². The van der Waals surface area contributed by atoms with E-state index in [1.807, 2.05) is 45.9 Å². The zero-order chi connectivity index (χ0) is 15.9. The lowest BCUT2D eigenvalue weighted by molar-refractivity contribution is -0.152. The van der Waals surface area contributed by atoms with Crippen molar-refractivity contribution < 1.29 is 14.3 Å². The fourth-order valence-electron chi connectivity index (χ4n) is 3.20. The van der Waals surface area contributed by atoms with Crippen molar-refractivity contribution in [2.24, 2.45) is 0 Å². The van der Waals surface area contributed by atoms with Crippen molar-refractivity contribution in [3.63, 3.8) is 0 Å². The number of halogens is 1. The second-order valence-electron chi connectivity index (χ2n) is 6.55. The number of carbonyl (C=O) groups excluding carboxylic acids is 1. The molecule has 0 saturated carbocycles. The molecule has 116 valence electrons. The van der Waals surface area contributed by atoms with Crippen molar-refractivity contribution in [2.45, 2.75) is 50.9 Å². The van der Waals surface area contributed by atoms with Crippen molar-refractivity contribution in [1.82, 2.24) is 0 Å². The maximum Gasteiger partial charge on any atom is 0.334 e. The van der Waals surface area contributed by atoms with Crippen LogP contribution in [0.15, 0.2) is 24.3 Å². The highest BCUT2D eigenvalue weighted by Crippen LogP contribution is 2.48. The largest absolute Gasteiger partial charge is 0.467 e. The van der Waals surface area contributed by atoms with E-state index in [0.29, 0.717) is 17.1 Å². The van der Waals surface area contributed by atoms with Crippen molar-refractivity contribution in [3.8, 4) is 0 Å². The lowest BCUT2D eigenvalue weighted by Gasteiger charge is -2.38. The number of ether oxygens (including phenoxy) is 2. The molecule has 0 spiro atoms. The maximum absolute atomic E-state index is 12.5. The fraction of sp³-hybridized carbons (Fsp3) is 0.562. The molecule has 0 aromatic heterocycles. The van der Waals surface area contributed by atoms with E-state index < -0.39 is 16.7 Å². The summed E-state index contributed by atoms with van der Waals surface area (Å²) in [6.45, 7) is 7.71. The molecule has 1 heterocycles. The van der Waals surface area contributed by atoms with Crippen LogP contribution in [0.2, 0.25) is 5.02 Å². The summed E-state index contributed by atoms with van der Waals surface area (Å²) >= 11 is 6.22. The number of hydrogen-bond donors (Lipinski definition) is 1. The van der Waals surface area contributed by atoms with Crippen LogP contribution in [-0.2, 0) is 14.3 Å². The highest BCUT2D eigenvalue weighted by Gasteiger charge is 2.62. The summed E-state index contributed by atoms with van der Waals surface area (Å²) < 4.78 is 11.1. The number of rotatable bonds is 3. The Bertz CT molecular complexity index is 556. The zero-order valence-corrected chi connectivity index (χ0v) is 13.9. The normalized spacial score (nSPS) is 26.4. The summed E-state index contributed by atoms with van der Waals surface area (Å²) in [4.78, 5) is 12.5. The Morgan fingerprint density at radius 2 is 1.90 bits per heavy atom.